The minimum absolute atomic E-state index is 0.143. The molecular weight excluding hydrogens is 356 g/mol. The van der Waals surface area contributed by atoms with Crippen LogP contribution in [0.25, 0.3) is 0 Å². The van der Waals surface area contributed by atoms with Crippen LogP contribution < -0.4 is 16.4 Å². The van der Waals surface area contributed by atoms with Crippen molar-refractivity contribution in [1.29, 1.82) is 0 Å². The molecule has 0 aliphatic rings. The van der Waals surface area contributed by atoms with Crippen LogP contribution in [0.2, 0.25) is 0 Å². The maximum absolute atomic E-state index is 12.8. The minimum Gasteiger partial charge on any atom is -0.367 e. The van der Waals surface area contributed by atoms with Gasteiger partial charge in [0, 0.05) is 18.5 Å². The summed E-state index contributed by atoms with van der Waals surface area (Å²) in [5.74, 6) is 0.170. The molecule has 3 rings (SSSR count). The van der Waals surface area contributed by atoms with Crippen molar-refractivity contribution in [3.05, 3.63) is 65.5 Å². The molecule has 0 radical (unpaired) electrons. The van der Waals surface area contributed by atoms with Crippen molar-refractivity contribution in [3.63, 3.8) is 0 Å². The summed E-state index contributed by atoms with van der Waals surface area (Å²) in [6.45, 7) is 2.03. The Bertz CT molecular complexity index is 982. The highest BCUT2D eigenvalue weighted by Crippen LogP contribution is 2.20. The lowest BCUT2D eigenvalue weighted by molar-refractivity contribution is -0.116. The van der Waals surface area contributed by atoms with E-state index in [9.17, 15) is 9.59 Å². The fourth-order valence-electron chi connectivity index (χ4n) is 2.80. The number of aryl methyl sites for hydroxylation is 2. The van der Waals surface area contributed by atoms with Crippen molar-refractivity contribution in [3.8, 4) is 0 Å². The molecule has 144 valence electrons. The Morgan fingerprint density at radius 1 is 1.04 bits per heavy atom. The average Bonchev–Trinajstić information content (AvgIpc) is 3.12. The third-order valence-corrected chi connectivity index (χ3v) is 4.23. The van der Waals surface area contributed by atoms with E-state index < -0.39 is 0 Å². The summed E-state index contributed by atoms with van der Waals surface area (Å²) in [4.78, 5) is 29.0. The van der Waals surface area contributed by atoms with E-state index >= 15 is 0 Å². The smallest absolute Gasteiger partial charge is 0.257 e. The number of aromatic nitrogens is 3. The number of nitrogen functional groups attached to an aromatic ring is 1. The number of hydrogen-bond acceptors (Lipinski definition) is 5. The first kappa shape index (κ1) is 19.1. The highest BCUT2D eigenvalue weighted by molar-refractivity contribution is 6.10. The van der Waals surface area contributed by atoms with Crippen molar-refractivity contribution in [1.82, 2.24) is 15.2 Å². The minimum atomic E-state index is -0.278. The van der Waals surface area contributed by atoms with Crippen LogP contribution in [-0.4, -0.2) is 27.0 Å². The molecule has 1 heterocycles. The standard InChI is InChI=1S/C20H22N6O2/c1-2-13-7-3-5-9-15(13)23-19(28)14-8-4-6-10-16(14)22-18(27)12-11-17-24-20(21)26-25-17/h3-10H,2,11-12H2,1H3,(H,22,27)(H,23,28)(H3,21,24,25,26). The molecular formula is C20H22N6O2. The highest BCUT2D eigenvalue weighted by Gasteiger charge is 2.15. The number of aromatic amines is 1. The summed E-state index contributed by atoms with van der Waals surface area (Å²) < 4.78 is 0. The van der Waals surface area contributed by atoms with Gasteiger partial charge in [0.25, 0.3) is 5.91 Å². The van der Waals surface area contributed by atoms with Crippen LogP contribution in [0.1, 0.15) is 35.1 Å². The predicted molar refractivity (Wildman–Crippen MR) is 108 cm³/mol. The number of H-pyrrole nitrogens is 1. The van der Waals surface area contributed by atoms with Gasteiger partial charge in [0.2, 0.25) is 11.9 Å². The largest absolute Gasteiger partial charge is 0.367 e. The number of amides is 2. The summed E-state index contributed by atoms with van der Waals surface area (Å²) in [7, 11) is 0. The van der Waals surface area contributed by atoms with Gasteiger partial charge in [-0.25, -0.2) is 0 Å². The van der Waals surface area contributed by atoms with E-state index in [1.807, 2.05) is 31.2 Å². The fourth-order valence-corrected chi connectivity index (χ4v) is 2.80. The van der Waals surface area contributed by atoms with E-state index in [4.69, 9.17) is 5.73 Å². The van der Waals surface area contributed by atoms with Gasteiger partial charge in [-0.3, -0.25) is 14.7 Å². The molecule has 2 aromatic carbocycles. The molecule has 0 saturated carbocycles. The predicted octanol–water partition coefficient (Wildman–Crippen LogP) is 2.77. The molecule has 8 heteroatoms. The Morgan fingerprint density at radius 2 is 1.75 bits per heavy atom. The zero-order valence-electron chi connectivity index (χ0n) is 15.5. The molecule has 0 unspecified atom stereocenters. The number of anilines is 3. The molecule has 2 amide bonds. The second-order valence-electron chi connectivity index (χ2n) is 6.20. The first-order chi connectivity index (χ1) is 13.6. The van der Waals surface area contributed by atoms with E-state index in [-0.39, 0.29) is 24.2 Å². The summed E-state index contributed by atoms with van der Waals surface area (Å²) in [5.41, 5.74) is 8.10. The van der Waals surface area contributed by atoms with E-state index in [1.165, 1.54) is 0 Å². The second kappa shape index (κ2) is 8.81. The monoisotopic (exact) mass is 378 g/mol. The van der Waals surface area contributed by atoms with E-state index in [1.54, 1.807) is 24.3 Å². The second-order valence-corrected chi connectivity index (χ2v) is 6.20. The highest BCUT2D eigenvalue weighted by atomic mass is 16.2. The van der Waals surface area contributed by atoms with Crippen LogP contribution in [0.15, 0.2) is 48.5 Å². The number of carbonyl (C=O) groups excluding carboxylic acids is 2. The van der Waals surface area contributed by atoms with Gasteiger partial charge >= 0.3 is 0 Å². The number of hydrogen-bond donors (Lipinski definition) is 4. The van der Waals surface area contributed by atoms with Gasteiger partial charge < -0.3 is 16.4 Å². The molecule has 5 N–H and O–H groups in total. The van der Waals surface area contributed by atoms with Gasteiger partial charge in [-0.1, -0.05) is 37.3 Å². The van der Waals surface area contributed by atoms with Gasteiger partial charge in [-0.05, 0) is 30.2 Å². The number of benzene rings is 2. The Hall–Kier alpha value is -3.68. The number of carbonyl (C=O) groups is 2. The molecule has 28 heavy (non-hydrogen) atoms. The molecule has 0 fully saturated rings. The van der Waals surface area contributed by atoms with Crippen molar-refractivity contribution in [2.24, 2.45) is 0 Å². The van der Waals surface area contributed by atoms with Gasteiger partial charge in [-0.15, -0.1) is 5.10 Å². The zero-order chi connectivity index (χ0) is 19.9. The number of para-hydroxylation sites is 2. The molecule has 3 aromatic rings. The lowest BCUT2D eigenvalue weighted by atomic mass is 10.1. The third-order valence-electron chi connectivity index (χ3n) is 4.23. The SMILES string of the molecule is CCc1ccccc1NC(=O)c1ccccc1NC(=O)CCc1nc(N)n[nH]1. The summed E-state index contributed by atoms with van der Waals surface area (Å²) in [6, 6.07) is 14.5. The summed E-state index contributed by atoms with van der Waals surface area (Å²) in [6.07, 6.45) is 1.36. The average molecular weight is 378 g/mol. The third kappa shape index (κ3) is 4.73. The van der Waals surface area contributed by atoms with Crippen LogP contribution in [0.4, 0.5) is 17.3 Å². The lowest BCUT2D eigenvalue weighted by Gasteiger charge is -2.13. The van der Waals surface area contributed by atoms with Gasteiger partial charge in [0.05, 0.1) is 11.3 Å². The van der Waals surface area contributed by atoms with Crippen LogP contribution in [0.5, 0.6) is 0 Å². The van der Waals surface area contributed by atoms with Crippen LogP contribution in [-0.2, 0) is 17.6 Å². The lowest BCUT2D eigenvalue weighted by Crippen LogP contribution is -2.19. The fraction of sp³-hybridized carbons (Fsp3) is 0.200. The number of nitrogens with one attached hydrogen (secondary N) is 3. The first-order valence-electron chi connectivity index (χ1n) is 9.01. The molecule has 0 bridgehead atoms. The van der Waals surface area contributed by atoms with E-state index in [2.05, 4.69) is 25.8 Å². The normalized spacial score (nSPS) is 10.5. The molecule has 0 aliphatic heterocycles. The summed E-state index contributed by atoms with van der Waals surface area (Å²) in [5, 5.41) is 12.1. The first-order valence-corrected chi connectivity index (χ1v) is 9.01. The van der Waals surface area contributed by atoms with Gasteiger partial charge in [0.1, 0.15) is 5.82 Å². The Kier molecular flexibility index (Phi) is 6.01. The number of nitrogens with zero attached hydrogens (tertiary/aromatic N) is 2. The van der Waals surface area contributed by atoms with E-state index in [0.29, 0.717) is 23.5 Å². The van der Waals surface area contributed by atoms with Gasteiger partial charge in [-0.2, -0.15) is 4.98 Å². The summed E-state index contributed by atoms with van der Waals surface area (Å²) >= 11 is 0. The Labute approximate surface area is 162 Å². The molecule has 0 spiro atoms. The zero-order valence-corrected chi connectivity index (χ0v) is 15.5. The van der Waals surface area contributed by atoms with Crippen molar-refractivity contribution in [2.75, 3.05) is 16.4 Å². The van der Waals surface area contributed by atoms with Gasteiger partial charge in [0.15, 0.2) is 0 Å². The maximum atomic E-state index is 12.8. The van der Waals surface area contributed by atoms with Crippen molar-refractivity contribution < 1.29 is 9.59 Å². The van der Waals surface area contributed by atoms with Crippen molar-refractivity contribution >= 4 is 29.1 Å². The maximum Gasteiger partial charge on any atom is 0.257 e. The Balaban J connectivity index is 1.68. The van der Waals surface area contributed by atoms with Crippen LogP contribution >= 0.6 is 0 Å². The van der Waals surface area contributed by atoms with E-state index in [0.717, 1.165) is 17.7 Å². The van der Waals surface area contributed by atoms with Crippen LogP contribution in [0.3, 0.4) is 0 Å². The molecule has 1 aromatic heterocycles. The quantitative estimate of drug-likeness (QED) is 0.503. The molecule has 0 aliphatic carbocycles. The topological polar surface area (TPSA) is 126 Å². The molecule has 0 saturated heterocycles. The van der Waals surface area contributed by atoms with Crippen LogP contribution in [0, 0.1) is 0 Å². The van der Waals surface area contributed by atoms with Crippen molar-refractivity contribution in [2.45, 2.75) is 26.2 Å². The molecule has 0 atom stereocenters. The number of rotatable bonds is 7. The molecule has 8 nitrogen and oxygen atoms in total. The Morgan fingerprint density at radius 3 is 2.46 bits per heavy atom. The number of nitrogens with two attached hydrogens (primary N) is 1.